The maximum Gasteiger partial charge on any atom is 0.216 e. The predicted octanol–water partition coefficient (Wildman–Crippen LogP) is 2.23. The van der Waals surface area contributed by atoms with Crippen LogP contribution in [0, 0.1) is 6.92 Å². The van der Waals surface area contributed by atoms with E-state index in [1.165, 1.54) is 11.1 Å². The van der Waals surface area contributed by atoms with Gasteiger partial charge in [0.1, 0.15) is 0 Å². The standard InChI is InChI=1S/C12H17NO/c1-9-5-4-6-12(7-9)10(2)8-13-11(3)14/h4-7,10H,8H2,1-3H3,(H,13,14)/t10-/m0/s1. The third-order valence-corrected chi connectivity index (χ3v) is 2.27. The zero-order chi connectivity index (χ0) is 10.6. The van der Waals surface area contributed by atoms with Crippen LogP contribution in [0.2, 0.25) is 0 Å². The number of aryl methyl sites for hydroxylation is 1. The van der Waals surface area contributed by atoms with Crippen LogP contribution in [-0.4, -0.2) is 12.5 Å². The van der Waals surface area contributed by atoms with E-state index in [1.54, 1.807) is 6.92 Å². The van der Waals surface area contributed by atoms with Gasteiger partial charge in [-0.05, 0) is 18.4 Å². The average molecular weight is 191 g/mol. The van der Waals surface area contributed by atoms with Crippen LogP contribution < -0.4 is 5.32 Å². The van der Waals surface area contributed by atoms with E-state index in [2.05, 4.69) is 43.4 Å². The molecular formula is C12H17NO. The molecule has 1 N–H and O–H groups in total. The lowest BCUT2D eigenvalue weighted by Gasteiger charge is -2.12. The number of amides is 1. The Morgan fingerprint density at radius 1 is 1.50 bits per heavy atom. The van der Waals surface area contributed by atoms with Crippen LogP contribution in [-0.2, 0) is 4.79 Å². The Morgan fingerprint density at radius 3 is 2.79 bits per heavy atom. The molecule has 0 unspecified atom stereocenters. The first-order valence-corrected chi connectivity index (χ1v) is 4.90. The third kappa shape index (κ3) is 3.21. The Bertz CT molecular complexity index is 320. The monoisotopic (exact) mass is 191 g/mol. The molecule has 0 heterocycles. The number of nitrogens with one attached hydrogen (secondary N) is 1. The Labute approximate surface area is 85.3 Å². The molecule has 0 aliphatic heterocycles. The first-order chi connectivity index (χ1) is 6.59. The molecule has 0 fully saturated rings. The van der Waals surface area contributed by atoms with Gasteiger partial charge in [-0.15, -0.1) is 0 Å². The molecule has 1 atom stereocenters. The molecule has 0 bridgehead atoms. The van der Waals surface area contributed by atoms with E-state index in [-0.39, 0.29) is 5.91 Å². The molecule has 2 nitrogen and oxygen atoms in total. The quantitative estimate of drug-likeness (QED) is 0.780. The third-order valence-electron chi connectivity index (χ3n) is 2.27. The number of hydrogen-bond acceptors (Lipinski definition) is 1. The summed E-state index contributed by atoms with van der Waals surface area (Å²) in [4.78, 5) is 10.7. The number of carbonyl (C=O) groups is 1. The number of carbonyl (C=O) groups excluding carboxylic acids is 1. The molecule has 0 aliphatic rings. The molecule has 1 aromatic rings. The zero-order valence-corrected chi connectivity index (χ0v) is 9.00. The molecule has 0 radical (unpaired) electrons. The van der Waals surface area contributed by atoms with Gasteiger partial charge in [0.05, 0.1) is 0 Å². The fraction of sp³-hybridized carbons (Fsp3) is 0.417. The Kier molecular flexibility index (Phi) is 3.69. The van der Waals surface area contributed by atoms with E-state index in [9.17, 15) is 4.79 Å². The molecule has 0 aliphatic carbocycles. The highest BCUT2D eigenvalue weighted by molar-refractivity contribution is 5.72. The molecule has 0 aromatic heterocycles. The second-order valence-corrected chi connectivity index (χ2v) is 3.75. The van der Waals surface area contributed by atoms with Gasteiger partial charge in [0.25, 0.3) is 0 Å². The van der Waals surface area contributed by atoms with Gasteiger partial charge in [-0.2, -0.15) is 0 Å². The Balaban J connectivity index is 2.60. The van der Waals surface area contributed by atoms with Crippen molar-refractivity contribution in [3.8, 4) is 0 Å². The van der Waals surface area contributed by atoms with Gasteiger partial charge in [-0.25, -0.2) is 0 Å². The molecule has 1 aromatic carbocycles. The number of benzene rings is 1. The maximum absolute atomic E-state index is 10.7. The van der Waals surface area contributed by atoms with Crippen molar-refractivity contribution < 1.29 is 4.79 Å². The lowest BCUT2D eigenvalue weighted by Crippen LogP contribution is -2.24. The zero-order valence-electron chi connectivity index (χ0n) is 9.00. The van der Waals surface area contributed by atoms with E-state index in [1.807, 2.05) is 0 Å². The topological polar surface area (TPSA) is 29.1 Å². The van der Waals surface area contributed by atoms with E-state index < -0.39 is 0 Å². The highest BCUT2D eigenvalue weighted by Gasteiger charge is 2.05. The van der Waals surface area contributed by atoms with Crippen molar-refractivity contribution in [1.29, 1.82) is 0 Å². The van der Waals surface area contributed by atoms with Gasteiger partial charge in [-0.3, -0.25) is 4.79 Å². The Morgan fingerprint density at radius 2 is 2.21 bits per heavy atom. The molecule has 14 heavy (non-hydrogen) atoms. The van der Waals surface area contributed by atoms with Crippen LogP contribution in [0.4, 0.5) is 0 Å². The van der Waals surface area contributed by atoms with E-state index >= 15 is 0 Å². The molecule has 76 valence electrons. The fourth-order valence-corrected chi connectivity index (χ4v) is 1.39. The van der Waals surface area contributed by atoms with Crippen LogP contribution in [0.15, 0.2) is 24.3 Å². The van der Waals surface area contributed by atoms with Crippen molar-refractivity contribution in [3.63, 3.8) is 0 Å². The van der Waals surface area contributed by atoms with Crippen molar-refractivity contribution in [2.24, 2.45) is 0 Å². The minimum absolute atomic E-state index is 0.0319. The normalized spacial score (nSPS) is 12.2. The molecule has 2 heteroatoms. The van der Waals surface area contributed by atoms with Gasteiger partial charge in [0.15, 0.2) is 0 Å². The molecule has 0 saturated heterocycles. The van der Waals surface area contributed by atoms with Gasteiger partial charge < -0.3 is 5.32 Å². The van der Waals surface area contributed by atoms with Gasteiger partial charge in [-0.1, -0.05) is 36.8 Å². The van der Waals surface area contributed by atoms with Crippen LogP contribution in [0.1, 0.15) is 30.9 Å². The lowest BCUT2D eigenvalue weighted by atomic mass is 9.99. The molecule has 0 saturated carbocycles. The summed E-state index contributed by atoms with van der Waals surface area (Å²) in [6.07, 6.45) is 0. The van der Waals surface area contributed by atoms with Crippen molar-refractivity contribution >= 4 is 5.91 Å². The van der Waals surface area contributed by atoms with Crippen molar-refractivity contribution in [2.75, 3.05) is 6.54 Å². The number of rotatable bonds is 3. The van der Waals surface area contributed by atoms with Crippen molar-refractivity contribution in [2.45, 2.75) is 26.7 Å². The Hall–Kier alpha value is -1.31. The predicted molar refractivity (Wildman–Crippen MR) is 58.3 cm³/mol. The van der Waals surface area contributed by atoms with Crippen LogP contribution in [0.25, 0.3) is 0 Å². The molecule has 1 rings (SSSR count). The van der Waals surface area contributed by atoms with E-state index in [0.29, 0.717) is 12.5 Å². The summed E-state index contributed by atoms with van der Waals surface area (Å²) in [6.45, 7) is 6.45. The van der Waals surface area contributed by atoms with Gasteiger partial charge in [0, 0.05) is 13.5 Å². The van der Waals surface area contributed by atoms with Crippen LogP contribution >= 0.6 is 0 Å². The first kappa shape index (κ1) is 10.8. The highest BCUT2D eigenvalue weighted by atomic mass is 16.1. The van der Waals surface area contributed by atoms with Crippen LogP contribution in [0.5, 0.6) is 0 Å². The summed E-state index contributed by atoms with van der Waals surface area (Å²) in [5.41, 5.74) is 2.54. The van der Waals surface area contributed by atoms with Gasteiger partial charge >= 0.3 is 0 Å². The SMILES string of the molecule is CC(=O)NC[C@H](C)c1cccc(C)c1. The smallest absolute Gasteiger partial charge is 0.216 e. The molecular weight excluding hydrogens is 174 g/mol. The van der Waals surface area contributed by atoms with Crippen molar-refractivity contribution in [1.82, 2.24) is 5.32 Å². The summed E-state index contributed by atoms with van der Waals surface area (Å²) in [6, 6.07) is 8.38. The second-order valence-electron chi connectivity index (χ2n) is 3.75. The summed E-state index contributed by atoms with van der Waals surface area (Å²) in [7, 11) is 0. The van der Waals surface area contributed by atoms with Crippen LogP contribution in [0.3, 0.4) is 0 Å². The number of hydrogen-bond donors (Lipinski definition) is 1. The molecule has 1 amide bonds. The summed E-state index contributed by atoms with van der Waals surface area (Å²) in [5, 5.41) is 2.82. The summed E-state index contributed by atoms with van der Waals surface area (Å²) in [5.74, 6) is 0.406. The summed E-state index contributed by atoms with van der Waals surface area (Å²) >= 11 is 0. The molecule has 0 spiro atoms. The van der Waals surface area contributed by atoms with Crippen molar-refractivity contribution in [3.05, 3.63) is 35.4 Å². The first-order valence-electron chi connectivity index (χ1n) is 4.90. The van der Waals surface area contributed by atoms with Gasteiger partial charge in [0.2, 0.25) is 5.91 Å². The fourth-order valence-electron chi connectivity index (χ4n) is 1.39. The summed E-state index contributed by atoms with van der Waals surface area (Å²) < 4.78 is 0. The lowest BCUT2D eigenvalue weighted by molar-refractivity contribution is -0.119. The largest absolute Gasteiger partial charge is 0.356 e. The minimum atomic E-state index is 0.0319. The van der Waals surface area contributed by atoms with E-state index in [0.717, 1.165) is 0 Å². The maximum atomic E-state index is 10.7. The van der Waals surface area contributed by atoms with E-state index in [4.69, 9.17) is 0 Å². The highest BCUT2D eigenvalue weighted by Crippen LogP contribution is 2.15. The second kappa shape index (κ2) is 4.80. The average Bonchev–Trinajstić information content (AvgIpc) is 2.14. The minimum Gasteiger partial charge on any atom is -0.356 e.